The molecule has 152 valence electrons. The number of benzene rings is 3. The van der Waals surface area contributed by atoms with Crippen molar-refractivity contribution in [3.63, 3.8) is 0 Å². The van der Waals surface area contributed by atoms with Crippen molar-refractivity contribution in [2.24, 2.45) is 0 Å². The molecule has 3 rings (SSSR count). The average Bonchev–Trinajstić information content (AvgIpc) is 2.72. The van der Waals surface area contributed by atoms with Crippen molar-refractivity contribution in [2.45, 2.75) is 19.5 Å². The molecule has 29 heavy (non-hydrogen) atoms. The minimum Gasteiger partial charge on any atom is -0.497 e. The summed E-state index contributed by atoms with van der Waals surface area (Å²) >= 11 is 6.05. The molecule has 6 heteroatoms. The molecular weight excluding hydrogens is 388 g/mol. The van der Waals surface area contributed by atoms with E-state index in [1.165, 1.54) is 0 Å². The summed E-state index contributed by atoms with van der Waals surface area (Å²) in [5.74, 6) is 1.28. The Labute approximate surface area is 176 Å². The Morgan fingerprint density at radius 3 is 2.48 bits per heavy atom. The number of anilines is 1. The first-order valence-electron chi connectivity index (χ1n) is 9.32. The highest BCUT2D eigenvalue weighted by Crippen LogP contribution is 2.28. The van der Waals surface area contributed by atoms with Crippen molar-refractivity contribution in [1.29, 1.82) is 0 Å². The molecule has 5 nitrogen and oxygen atoms in total. The van der Waals surface area contributed by atoms with E-state index in [0.717, 1.165) is 22.1 Å². The van der Waals surface area contributed by atoms with Gasteiger partial charge >= 0.3 is 0 Å². The first-order chi connectivity index (χ1) is 13.9. The van der Waals surface area contributed by atoms with Gasteiger partial charge in [-0.1, -0.05) is 29.8 Å². The number of hydrogen-bond donors (Lipinski definition) is 1. The molecule has 0 aliphatic rings. The molecule has 0 bridgehead atoms. The zero-order chi connectivity index (χ0) is 21.0. The lowest BCUT2D eigenvalue weighted by atomic mass is 10.1. The number of rotatable bonds is 7. The van der Waals surface area contributed by atoms with Crippen LogP contribution in [0.15, 0.2) is 54.6 Å². The Hall–Kier alpha value is -2.76. The van der Waals surface area contributed by atoms with Crippen LogP contribution in [-0.4, -0.2) is 38.1 Å². The topological polar surface area (TPSA) is 50.8 Å². The summed E-state index contributed by atoms with van der Waals surface area (Å²) in [5.41, 5.74) is 1.69. The van der Waals surface area contributed by atoms with Crippen LogP contribution >= 0.6 is 11.6 Å². The maximum absolute atomic E-state index is 12.7. The molecule has 0 saturated heterocycles. The second-order valence-corrected chi connectivity index (χ2v) is 7.41. The predicted molar refractivity (Wildman–Crippen MR) is 118 cm³/mol. The number of amides is 1. The summed E-state index contributed by atoms with van der Waals surface area (Å²) in [7, 11) is 5.15. The number of ether oxygens (including phenoxy) is 2. The third-order valence-electron chi connectivity index (χ3n) is 5.00. The largest absolute Gasteiger partial charge is 0.497 e. The lowest BCUT2D eigenvalue weighted by Gasteiger charge is -2.24. The van der Waals surface area contributed by atoms with Gasteiger partial charge in [0.05, 0.1) is 25.9 Å². The number of nitrogens with zero attached hydrogens (tertiary/aromatic N) is 1. The second-order valence-electron chi connectivity index (χ2n) is 6.97. The molecule has 0 radical (unpaired) electrons. The van der Waals surface area contributed by atoms with Gasteiger partial charge in [0, 0.05) is 11.6 Å². The zero-order valence-corrected chi connectivity index (χ0v) is 17.8. The Bertz CT molecular complexity index is 1020. The van der Waals surface area contributed by atoms with E-state index in [1.807, 2.05) is 37.1 Å². The van der Waals surface area contributed by atoms with Gasteiger partial charge in [0.25, 0.3) is 0 Å². The smallest absolute Gasteiger partial charge is 0.241 e. The molecule has 1 amide bonds. The average molecular weight is 413 g/mol. The van der Waals surface area contributed by atoms with Crippen LogP contribution in [-0.2, 0) is 11.3 Å². The molecule has 1 N–H and O–H groups in total. The summed E-state index contributed by atoms with van der Waals surface area (Å²) in [4.78, 5) is 14.7. The van der Waals surface area contributed by atoms with Crippen LogP contribution in [0.3, 0.4) is 0 Å². The van der Waals surface area contributed by atoms with E-state index in [4.69, 9.17) is 21.1 Å². The fourth-order valence-electron chi connectivity index (χ4n) is 3.14. The van der Waals surface area contributed by atoms with E-state index in [2.05, 4.69) is 23.5 Å². The Morgan fingerprint density at radius 2 is 1.76 bits per heavy atom. The molecule has 0 fully saturated rings. The van der Waals surface area contributed by atoms with Crippen molar-refractivity contribution in [2.75, 3.05) is 26.6 Å². The highest BCUT2D eigenvalue weighted by Gasteiger charge is 2.20. The summed E-state index contributed by atoms with van der Waals surface area (Å²) in [5, 5.41) is 5.70. The zero-order valence-electron chi connectivity index (χ0n) is 17.0. The standard InChI is InChI=1S/C23H25ClN2O3/c1-15(23(27)25-21-13-19(24)8-10-22(21)29-4)26(2)14-16-5-6-18-12-20(28-3)9-7-17(18)11-16/h5-13,15H,14H2,1-4H3,(H,25,27). The normalized spacial score (nSPS) is 12.1. The van der Waals surface area contributed by atoms with Crippen molar-refractivity contribution in [1.82, 2.24) is 4.90 Å². The van der Waals surface area contributed by atoms with E-state index < -0.39 is 0 Å². The molecule has 0 aliphatic heterocycles. The number of carbonyl (C=O) groups excluding carboxylic acids is 1. The van der Waals surface area contributed by atoms with Crippen molar-refractivity contribution >= 4 is 34.0 Å². The third-order valence-corrected chi connectivity index (χ3v) is 5.24. The highest BCUT2D eigenvalue weighted by atomic mass is 35.5. The molecule has 0 aliphatic carbocycles. The van der Waals surface area contributed by atoms with Crippen molar-refractivity contribution in [3.05, 3.63) is 65.2 Å². The fraction of sp³-hybridized carbons (Fsp3) is 0.261. The van der Waals surface area contributed by atoms with Crippen LogP contribution in [0, 0.1) is 0 Å². The van der Waals surface area contributed by atoms with Crippen LogP contribution in [0.5, 0.6) is 11.5 Å². The van der Waals surface area contributed by atoms with Crippen LogP contribution in [0.4, 0.5) is 5.69 Å². The highest BCUT2D eigenvalue weighted by molar-refractivity contribution is 6.31. The Balaban J connectivity index is 1.70. The maximum atomic E-state index is 12.7. The molecule has 3 aromatic carbocycles. The van der Waals surface area contributed by atoms with Crippen LogP contribution in [0.2, 0.25) is 5.02 Å². The van der Waals surface area contributed by atoms with Gasteiger partial charge in [-0.15, -0.1) is 0 Å². The summed E-state index contributed by atoms with van der Waals surface area (Å²) in [6, 6.07) is 17.1. The molecule has 0 spiro atoms. The molecule has 0 heterocycles. The third kappa shape index (κ3) is 5.00. The number of methoxy groups -OCH3 is 2. The number of fused-ring (bicyclic) bond motifs is 1. The van der Waals surface area contributed by atoms with E-state index >= 15 is 0 Å². The number of nitrogens with one attached hydrogen (secondary N) is 1. The predicted octanol–water partition coefficient (Wildman–Crippen LogP) is 4.97. The van der Waals surface area contributed by atoms with E-state index in [-0.39, 0.29) is 11.9 Å². The molecule has 1 unspecified atom stereocenters. The minimum atomic E-state index is -0.342. The van der Waals surface area contributed by atoms with Crippen LogP contribution < -0.4 is 14.8 Å². The van der Waals surface area contributed by atoms with Gasteiger partial charge < -0.3 is 14.8 Å². The van der Waals surface area contributed by atoms with Gasteiger partial charge in [0.1, 0.15) is 11.5 Å². The van der Waals surface area contributed by atoms with Crippen molar-refractivity contribution < 1.29 is 14.3 Å². The number of halogens is 1. The molecule has 1 atom stereocenters. The number of hydrogen-bond acceptors (Lipinski definition) is 4. The Kier molecular flexibility index (Phi) is 6.62. The van der Waals surface area contributed by atoms with Gasteiger partial charge in [-0.2, -0.15) is 0 Å². The van der Waals surface area contributed by atoms with E-state index in [1.54, 1.807) is 32.4 Å². The van der Waals surface area contributed by atoms with Crippen molar-refractivity contribution in [3.8, 4) is 11.5 Å². The monoisotopic (exact) mass is 412 g/mol. The SMILES string of the molecule is COc1ccc2cc(CN(C)C(C)C(=O)Nc3cc(Cl)ccc3OC)ccc2c1. The number of likely N-dealkylation sites (N-methyl/N-ethyl adjacent to an activating group) is 1. The van der Waals surface area contributed by atoms with Gasteiger partial charge in [0.2, 0.25) is 5.91 Å². The first-order valence-corrected chi connectivity index (χ1v) is 9.70. The Morgan fingerprint density at radius 1 is 1.03 bits per heavy atom. The summed E-state index contributed by atoms with van der Waals surface area (Å²) in [6.45, 7) is 2.52. The molecule has 0 saturated carbocycles. The summed E-state index contributed by atoms with van der Waals surface area (Å²) < 4.78 is 10.6. The molecule has 0 aromatic heterocycles. The van der Waals surface area contributed by atoms with Gasteiger partial charge in [-0.3, -0.25) is 9.69 Å². The summed E-state index contributed by atoms with van der Waals surface area (Å²) in [6.07, 6.45) is 0. The second kappa shape index (κ2) is 9.16. The molecular formula is C23H25ClN2O3. The van der Waals surface area contributed by atoms with E-state index in [0.29, 0.717) is 23.0 Å². The van der Waals surface area contributed by atoms with Gasteiger partial charge in [0.15, 0.2) is 0 Å². The fourth-order valence-corrected chi connectivity index (χ4v) is 3.31. The quantitative estimate of drug-likeness (QED) is 0.595. The van der Waals surface area contributed by atoms with Gasteiger partial charge in [-0.05, 0) is 66.7 Å². The molecule has 3 aromatic rings. The lowest BCUT2D eigenvalue weighted by Crippen LogP contribution is -2.39. The van der Waals surface area contributed by atoms with Gasteiger partial charge in [-0.25, -0.2) is 0 Å². The van der Waals surface area contributed by atoms with Crippen LogP contribution in [0.25, 0.3) is 10.8 Å². The minimum absolute atomic E-state index is 0.126. The number of carbonyl (C=O) groups is 1. The van der Waals surface area contributed by atoms with Crippen LogP contribution in [0.1, 0.15) is 12.5 Å². The lowest BCUT2D eigenvalue weighted by molar-refractivity contribution is -0.120. The van der Waals surface area contributed by atoms with E-state index in [9.17, 15) is 4.79 Å². The first kappa shape index (κ1) is 21.0. The maximum Gasteiger partial charge on any atom is 0.241 e.